The van der Waals surface area contributed by atoms with Gasteiger partial charge in [0.2, 0.25) is 27.8 Å². The van der Waals surface area contributed by atoms with Crippen LogP contribution in [0.25, 0.3) is 21.5 Å². The zero-order valence-electron chi connectivity index (χ0n) is 23.7. The monoisotopic (exact) mass is 604 g/mol. The molecule has 0 unspecified atom stereocenters. The lowest BCUT2D eigenvalue weighted by atomic mass is 10.0. The van der Waals surface area contributed by atoms with Crippen molar-refractivity contribution < 1.29 is 22.7 Å². The highest BCUT2D eigenvalue weighted by Crippen LogP contribution is 2.37. The molecule has 0 saturated carbocycles. The maximum absolute atomic E-state index is 12.0. The Balaban J connectivity index is 1.50. The molecule has 0 aromatic carbocycles. The van der Waals surface area contributed by atoms with Crippen LogP contribution in [0.5, 0.6) is 5.88 Å². The van der Waals surface area contributed by atoms with E-state index < -0.39 is 15.6 Å². The summed E-state index contributed by atoms with van der Waals surface area (Å²) in [7, 11) is -2.12. The summed E-state index contributed by atoms with van der Waals surface area (Å²) in [4.78, 5) is 32.9. The van der Waals surface area contributed by atoms with Crippen LogP contribution in [0, 0.1) is 0 Å². The lowest BCUT2D eigenvalue weighted by Crippen LogP contribution is -2.59. The molecule has 3 aromatic heterocycles. The van der Waals surface area contributed by atoms with E-state index in [2.05, 4.69) is 29.8 Å². The number of piperazine rings is 1. The molecule has 15 heteroatoms. The second kappa shape index (κ2) is 11.6. The number of rotatable bonds is 9. The lowest BCUT2D eigenvalue weighted by molar-refractivity contribution is -0.129. The Hall–Kier alpha value is -3.11. The van der Waals surface area contributed by atoms with Crippen molar-refractivity contribution in [2.75, 3.05) is 75.5 Å². The van der Waals surface area contributed by atoms with E-state index in [1.54, 1.807) is 23.6 Å². The molecule has 5 heterocycles. The maximum atomic E-state index is 12.0. The molecule has 41 heavy (non-hydrogen) atoms. The van der Waals surface area contributed by atoms with E-state index in [0.29, 0.717) is 50.1 Å². The molecule has 1 amide bonds. The van der Waals surface area contributed by atoms with Crippen LogP contribution in [0.15, 0.2) is 17.6 Å². The Bertz CT molecular complexity index is 1530. The number of methoxy groups -OCH3 is 1. The van der Waals surface area contributed by atoms with Gasteiger partial charge in [0.15, 0.2) is 0 Å². The van der Waals surface area contributed by atoms with Crippen molar-refractivity contribution in [3.05, 3.63) is 23.2 Å². The molecule has 0 aliphatic carbocycles. The summed E-state index contributed by atoms with van der Waals surface area (Å²) in [5.74, 6) is 0.442. The molecule has 2 aliphatic heterocycles. The molecular weight excluding hydrogens is 568 g/mol. The predicted octanol–water partition coefficient (Wildman–Crippen LogP) is 1.35. The normalized spacial score (nSPS) is 17.6. The summed E-state index contributed by atoms with van der Waals surface area (Å²) in [6.45, 7) is 10.0. The summed E-state index contributed by atoms with van der Waals surface area (Å²) in [5, 5.41) is 2.11. The topological polar surface area (TPSA) is 156 Å². The lowest BCUT2D eigenvalue weighted by Gasteiger charge is -2.42. The van der Waals surface area contributed by atoms with Crippen molar-refractivity contribution in [3.8, 4) is 17.1 Å². The highest BCUT2D eigenvalue weighted by Gasteiger charge is 2.35. The highest BCUT2D eigenvalue weighted by molar-refractivity contribution is 7.92. The molecule has 13 nitrogen and oxygen atoms in total. The van der Waals surface area contributed by atoms with Crippen molar-refractivity contribution in [1.29, 1.82) is 0 Å². The van der Waals surface area contributed by atoms with Crippen molar-refractivity contribution >= 4 is 49.1 Å². The third kappa shape index (κ3) is 6.38. The number of aromatic nitrogens is 3. The average Bonchev–Trinajstić information content (AvgIpc) is 3.35. The number of carbonyl (C=O) groups excluding carboxylic acids is 1. The van der Waals surface area contributed by atoms with Gasteiger partial charge in [-0.15, -0.1) is 11.3 Å². The Morgan fingerprint density at radius 3 is 2.51 bits per heavy atom. The Kier molecular flexibility index (Phi) is 8.34. The minimum absolute atomic E-state index is 0.170. The first kappa shape index (κ1) is 29.4. The molecule has 2 aliphatic rings. The number of ether oxygens (including phenoxy) is 2. The number of carbonyl (C=O) groups is 1. The number of hydrogen-bond acceptors (Lipinski definition) is 12. The Morgan fingerprint density at radius 2 is 1.88 bits per heavy atom. The number of nitrogens with two attached hydrogens (primary N) is 1. The second-order valence-corrected chi connectivity index (χ2v) is 13.4. The van der Waals surface area contributed by atoms with Crippen LogP contribution in [0.2, 0.25) is 0 Å². The zero-order chi connectivity index (χ0) is 29.4. The third-order valence-electron chi connectivity index (χ3n) is 7.54. The predicted molar refractivity (Wildman–Crippen MR) is 159 cm³/mol. The second-order valence-electron chi connectivity index (χ2n) is 10.8. The van der Waals surface area contributed by atoms with E-state index >= 15 is 0 Å². The van der Waals surface area contributed by atoms with Crippen LogP contribution in [-0.2, 0) is 26.1 Å². The van der Waals surface area contributed by atoms with Gasteiger partial charge in [0.05, 0.1) is 48.0 Å². The number of sulfonamides is 1. The molecular formula is C26H36N8O5S2. The smallest absolute Gasteiger partial charge is 0.238 e. The van der Waals surface area contributed by atoms with Gasteiger partial charge in [-0.2, -0.15) is 0 Å². The number of pyridine rings is 1. The maximum Gasteiger partial charge on any atom is 0.238 e. The number of hydrogen-bond donors (Lipinski definition) is 2. The van der Waals surface area contributed by atoms with E-state index in [4.69, 9.17) is 25.2 Å². The molecule has 3 aromatic rings. The van der Waals surface area contributed by atoms with Crippen LogP contribution < -0.4 is 20.1 Å². The van der Waals surface area contributed by atoms with Gasteiger partial charge in [0, 0.05) is 63.1 Å². The SMILES string of the molecule is COc1ncc(-c2nc(N3CCOCC3)nc3c(CN4CCN(C(C)(C)C(N)=O)CC4)csc23)cc1NS(C)(=O)=O. The van der Waals surface area contributed by atoms with E-state index in [1.165, 1.54) is 7.11 Å². The molecule has 2 fully saturated rings. The summed E-state index contributed by atoms with van der Waals surface area (Å²) in [5.41, 5.74) is 8.45. The van der Waals surface area contributed by atoms with Crippen molar-refractivity contribution in [2.45, 2.75) is 25.9 Å². The van der Waals surface area contributed by atoms with Crippen molar-refractivity contribution in [2.24, 2.45) is 5.73 Å². The van der Waals surface area contributed by atoms with E-state index in [-0.39, 0.29) is 17.5 Å². The molecule has 0 spiro atoms. The molecule has 3 N–H and O–H groups in total. The minimum Gasteiger partial charge on any atom is -0.480 e. The molecule has 5 rings (SSSR count). The average molecular weight is 605 g/mol. The number of thiophene rings is 1. The number of amides is 1. The van der Waals surface area contributed by atoms with Gasteiger partial charge in [-0.3, -0.25) is 19.3 Å². The molecule has 0 atom stereocenters. The molecule has 0 radical (unpaired) electrons. The van der Waals surface area contributed by atoms with Crippen LogP contribution >= 0.6 is 11.3 Å². The van der Waals surface area contributed by atoms with Crippen LogP contribution in [0.1, 0.15) is 19.4 Å². The van der Waals surface area contributed by atoms with E-state index in [9.17, 15) is 13.2 Å². The molecule has 2 saturated heterocycles. The Morgan fingerprint density at radius 1 is 1.17 bits per heavy atom. The molecule has 222 valence electrons. The molecule has 0 bridgehead atoms. The van der Waals surface area contributed by atoms with Crippen molar-refractivity contribution in [1.82, 2.24) is 24.8 Å². The first-order valence-corrected chi connectivity index (χ1v) is 16.1. The van der Waals surface area contributed by atoms with Gasteiger partial charge >= 0.3 is 0 Å². The number of nitrogens with one attached hydrogen (secondary N) is 1. The van der Waals surface area contributed by atoms with Crippen LogP contribution in [-0.4, -0.2) is 110 Å². The summed E-state index contributed by atoms with van der Waals surface area (Å²) >= 11 is 1.55. The van der Waals surface area contributed by atoms with Gasteiger partial charge < -0.3 is 20.1 Å². The first-order valence-electron chi connectivity index (χ1n) is 13.4. The van der Waals surface area contributed by atoms with Gasteiger partial charge in [-0.05, 0) is 25.3 Å². The number of primary amides is 1. The van der Waals surface area contributed by atoms with Crippen LogP contribution in [0.4, 0.5) is 11.6 Å². The largest absolute Gasteiger partial charge is 0.480 e. The number of anilines is 2. The number of fused-ring (bicyclic) bond motifs is 1. The highest BCUT2D eigenvalue weighted by atomic mass is 32.2. The van der Waals surface area contributed by atoms with Gasteiger partial charge in [-0.25, -0.2) is 23.4 Å². The summed E-state index contributed by atoms with van der Waals surface area (Å²) < 4.78 is 38.3. The van der Waals surface area contributed by atoms with Gasteiger partial charge in [-0.1, -0.05) is 0 Å². The number of nitrogens with zero attached hydrogens (tertiary/aromatic N) is 6. The van der Waals surface area contributed by atoms with Gasteiger partial charge in [0.1, 0.15) is 5.69 Å². The Labute approximate surface area is 243 Å². The first-order chi connectivity index (χ1) is 19.5. The fourth-order valence-corrected chi connectivity index (χ4v) is 6.60. The third-order valence-corrected chi connectivity index (χ3v) is 9.16. The van der Waals surface area contributed by atoms with Crippen molar-refractivity contribution in [3.63, 3.8) is 0 Å². The fourth-order valence-electron chi connectivity index (χ4n) is 5.05. The fraction of sp³-hybridized carbons (Fsp3) is 0.538. The quantitative estimate of drug-likeness (QED) is 0.363. The van der Waals surface area contributed by atoms with Crippen LogP contribution in [0.3, 0.4) is 0 Å². The van der Waals surface area contributed by atoms with Gasteiger partial charge in [0.25, 0.3) is 0 Å². The minimum atomic E-state index is -3.56. The zero-order valence-corrected chi connectivity index (χ0v) is 25.3. The summed E-state index contributed by atoms with van der Waals surface area (Å²) in [6, 6.07) is 1.69. The van der Waals surface area contributed by atoms with E-state index in [1.807, 2.05) is 13.8 Å². The standard InChI is InChI=1S/C26H36N8O5S2/c1-26(2,24(27)35)34-7-5-32(6-8-34)15-18-16-40-22-20(29-25(30-21(18)22)33-9-11-39-12-10-33)17-13-19(31-41(4,36)37)23(38-3)28-14-17/h13-14,16,31H,5-12,15H2,1-4H3,(H2,27,35). The number of morpholine rings is 1. The summed E-state index contributed by atoms with van der Waals surface area (Å²) in [6.07, 6.45) is 2.72. The van der Waals surface area contributed by atoms with E-state index in [0.717, 1.165) is 48.2 Å².